The molecular formula is C17H24N2O3. The average molecular weight is 304 g/mol. The molecule has 1 aromatic rings. The van der Waals surface area contributed by atoms with Gasteiger partial charge in [-0.1, -0.05) is 42.5 Å². The number of ether oxygens (including phenoxy) is 1. The number of amides is 2. The molecule has 0 saturated carbocycles. The van der Waals surface area contributed by atoms with Gasteiger partial charge in [-0.15, -0.1) is 0 Å². The quantitative estimate of drug-likeness (QED) is 0.879. The SMILES string of the molecule is C[C@@H](NC(=O)OC(C)(C)C)C(=O)NCC=Cc1ccccc1. The standard InChI is InChI=1S/C17H24N2O3/c1-13(19-16(21)22-17(2,3)4)15(20)18-12-8-11-14-9-6-5-7-10-14/h5-11,13H,12H2,1-4H3,(H,18,20)(H,19,21)/t13-/m1/s1. The highest BCUT2D eigenvalue weighted by atomic mass is 16.6. The molecule has 0 aromatic heterocycles. The molecule has 0 fully saturated rings. The molecule has 0 aliphatic carbocycles. The van der Waals surface area contributed by atoms with Crippen LogP contribution in [0.4, 0.5) is 4.79 Å². The third-order valence-electron chi connectivity index (χ3n) is 2.63. The van der Waals surface area contributed by atoms with Gasteiger partial charge in [0.1, 0.15) is 11.6 Å². The number of carbonyl (C=O) groups excluding carboxylic acids is 2. The van der Waals surface area contributed by atoms with E-state index in [1.54, 1.807) is 27.7 Å². The summed E-state index contributed by atoms with van der Waals surface area (Å²) < 4.78 is 5.10. The summed E-state index contributed by atoms with van der Waals surface area (Å²) in [5.41, 5.74) is 0.482. The Bertz CT molecular complexity index is 518. The fraction of sp³-hybridized carbons (Fsp3) is 0.412. The Kier molecular flexibility index (Phi) is 6.63. The van der Waals surface area contributed by atoms with Crippen molar-refractivity contribution < 1.29 is 14.3 Å². The average Bonchev–Trinajstić information content (AvgIpc) is 2.42. The highest BCUT2D eigenvalue weighted by Crippen LogP contribution is 2.06. The lowest BCUT2D eigenvalue weighted by Gasteiger charge is -2.21. The van der Waals surface area contributed by atoms with Gasteiger partial charge in [-0.2, -0.15) is 0 Å². The van der Waals surface area contributed by atoms with Gasteiger partial charge in [0.25, 0.3) is 0 Å². The molecule has 0 radical (unpaired) electrons. The molecule has 0 aliphatic rings. The number of benzene rings is 1. The van der Waals surface area contributed by atoms with Gasteiger partial charge >= 0.3 is 6.09 Å². The summed E-state index contributed by atoms with van der Waals surface area (Å²) in [7, 11) is 0. The third kappa shape index (κ3) is 7.47. The maximum absolute atomic E-state index is 11.8. The Morgan fingerprint density at radius 1 is 1.23 bits per heavy atom. The fourth-order valence-corrected chi connectivity index (χ4v) is 1.62. The third-order valence-corrected chi connectivity index (χ3v) is 2.63. The fourth-order valence-electron chi connectivity index (χ4n) is 1.62. The number of alkyl carbamates (subject to hydrolysis) is 1. The van der Waals surface area contributed by atoms with Crippen LogP contribution in [0.15, 0.2) is 36.4 Å². The second-order valence-corrected chi connectivity index (χ2v) is 5.93. The van der Waals surface area contributed by atoms with Crippen LogP contribution in [0.5, 0.6) is 0 Å². The smallest absolute Gasteiger partial charge is 0.408 e. The molecule has 0 bridgehead atoms. The Morgan fingerprint density at radius 3 is 2.45 bits per heavy atom. The van der Waals surface area contributed by atoms with E-state index >= 15 is 0 Å². The second-order valence-electron chi connectivity index (χ2n) is 5.93. The molecule has 0 aliphatic heterocycles. The van der Waals surface area contributed by atoms with Gasteiger partial charge in [0.2, 0.25) is 5.91 Å². The van der Waals surface area contributed by atoms with E-state index in [0.717, 1.165) is 5.56 Å². The van der Waals surface area contributed by atoms with E-state index < -0.39 is 17.7 Å². The number of rotatable bonds is 5. The number of hydrogen-bond donors (Lipinski definition) is 2. The highest BCUT2D eigenvalue weighted by molar-refractivity contribution is 5.85. The molecule has 120 valence electrons. The van der Waals surface area contributed by atoms with Crippen molar-refractivity contribution in [3.8, 4) is 0 Å². The van der Waals surface area contributed by atoms with Crippen LogP contribution in [0.25, 0.3) is 6.08 Å². The topological polar surface area (TPSA) is 67.4 Å². The predicted molar refractivity (Wildman–Crippen MR) is 87.3 cm³/mol. The van der Waals surface area contributed by atoms with Crippen molar-refractivity contribution in [2.45, 2.75) is 39.3 Å². The summed E-state index contributed by atoms with van der Waals surface area (Å²) in [6.07, 6.45) is 3.18. The minimum Gasteiger partial charge on any atom is -0.444 e. The molecule has 5 nitrogen and oxygen atoms in total. The number of hydrogen-bond acceptors (Lipinski definition) is 3. The van der Waals surface area contributed by atoms with E-state index in [-0.39, 0.29) is 5.91 Å². The summed E-state index contributed by atoms with van der Waals surface area (Å²) in [5.74, 6) is -0.261. The van der Waals surface area contributed by atoms with Crippen LogP contribution in [0.3, 0.4) is 0 Å². The first kappa shape index (κ1) is 17.8. The number of nitrogens with one attached hydrogen (secondary N) is 2. The summed E-state index contributed by atoms with van der Waals surface area (Å²) >= 11 is 0. The Balaban J connectivity index is 2.32. The maximum Gasteiger partial charge on any atom is 0.408 e. The van der Waals surface area contributed by atoms with Crippen LogP contribution < -0.4 is 10.6 Å². The molecule has 1 atom stereocenters. The summed E-state index contributed by atoms with van der Waals surface area (Å²) in [6.45, 7) is 7.32. The van der Waals surface area contributed by atoms with Crippen LogP contribution in [-0.2, 0) is 9.53 Å². The van der Waals surface area contributed by atoms with Gasteiger partial charge in [-0.05, 0) is 33.3 Å². The molecular weight excluding hydrogens is 280 g/mol. The molecule has 5 heteroatoms. The first-order valence-electron chi connectivity index (χ1n) is 7.27. The molecule has 1 rings (SSSR count). The molecule has 1 aromatic carbocycles. The van der Waals surface area contributed by atoms with Crippen molar-refractivity contribution in [3.05, 3.63) is 42.0 Å². The van der Waals surface area contributed by atoms with E-state index in [1.807, 2.05) is 42.5 Å². The molecule has 0 spiro atoms. The zero-order chi connectivity index (χ0) is 16.6. The maximum atomic E-state index is 11.8. The van der Waals surface area contributed by atoms with Gasteiger partial charge in [-0.3, -0.25) is 4.79 Å². The molecule has 22 heavy (non-hydrogen) atoms. The van der Waals surface area contributed by atoms with E-state index in [2.05, 4.69) is 10.6 Å². The van der Waals surface area contributed by atoms with Crippen molar-refractivity contribution >= 4 is 18.1 Å². The minimum absolute atomic E-state index is 0.261. The van der Waals surface area contributed by atoms with Crippen LogP contribution in [0, 0.1) is 0 Å². The minimum atomic E-state index is -0.653. The van der Waals surface area contributed by atoms with Gasteiger partial charge < -0.3 is 15.4 Å². The van der Waals surface area contributed by atoms with Gasteiger partial charge in [-0.25, -0.2) is 4.79 Å². The Labute approximate surface area is 131 Å². The van der Waals surface area contributed by atoms with Crippen LogP contribution in [0.2, 0.25) is 0 Å². The van der Waals surface area contributed by atoms with Gasteiger partial charge in [0.05, 0.1) is 0 Å². The zero-order valence-electron chi connectivity index (χ0n) is 13.6. The predicted octanol–water partition coefficient (Wildman–Crippen LogP) is 2.73. The second kappa shape index (κ2) is 8.22. The van der Waals surface area contributed by atoms with E-state index in [0.29, 0.717) is 6.54 Å². The first-order valence-corrected chi connectivity index (χ1v) is 7.27. The van der Waals surface area contributed by atoms with Crippen molar-refractivity contribution in [1.29, 1.82) is 0 Å². The van der Waals surface area contributed by atoms with Crippen LogP contribution in [0.1, 0.15) is 33.3 Å². The van der Waals surface area contributed by atoms with Gasteiger partial charge in [0, 0.05) is 6.54 Å². The zero-order valence-corrected chi connectivity index (χ0v) is 13.6. The molecule has 0 saturated heterocycles. The summed E-state index contributed by atoms with van der Waals surface area (Å²) in [4.78, 5) is 23.4. The molecule has 0 heterocycles. The van der Waals surface area contributed by atoms with Crippen molar-refractivity contribution in [2.24, 2.45) is 0 Å². The van der Waals surface area contributed by atoms with Gasteiger partial charge in [0.15, 0.2) is 0 Å². The summed E-state index contributed by atoms with van der Waals surface area (Å²) in [6, 6.07) is 9.15. The Hall–Kier alpha value is -2.30. The lowest BCUT2D eigenvalue weighted by atomic mass is 10.2. The Morgan fingerprint density at radius 2 is 1.86 bits per heavy atom. The lowest BCUT2D eigenvalue weighted by molar-refractivity contribution is -0.122. The van der Waals surface area contributed by atoms with Crippen molar-refractivity contribution in [1.82, 2.24) is 10.6 Å². The van der Waals surface area contributed by atoms with E-state index in [4.69, 9.17) is 4.74 Å². The largest absolute Gasteiger partial charge is 0.444 e. The molecule has 0 unspecified atom stereocenters. The molecule has 2 amide bonds. The first-order chi connectivity index (χ1) is 10.3. The normalized spacial score (nSPS) is 12.7. The monoisotopic (exact) mass is 304 g/mol. The lowest BCUT2D eigenvalue weighted by Crippen LogP contribution is -2.46. The number of carbonyl (C=O) groups is 2. The van der Waals surface area contributed by atoms with Crippen molar-refractivity contribution in [3.63, 3.8) is 0 Å². The van der Waals surface area contributed by atoms with Crippen molar-refractivity contribution in [2.75, 3.05) is 6.54 Å². The highest BCUT2D eigenvalue weighted by Gasteiger charge is 2.20. The van der Waals surface area contributed by atoms with E-state index in [1.165, 1.54) is 0 Å². The van der Waals surface area contributed by atoms with E-state index in [9.17, 15) is 9.59 Å². The summed E-state index contributed by atoms with van der Waals surface area (Å²) in [5, 5.41) is 5.22. The van der Waals surface area contributed by atoms with Crippen LogP contribution >= 0.6 is 0 Å². The molecule has 2 N–H and O–H groups in total. The van der Waals surface area contributed by atoms with Crippen LogP contribution in [-0.4, -0.2) is 30.2 Å².